The fourth-order valence-electron chi connectivity index (χ4n) is 7.44. The zero-order valence-electron chi connectivity index (χ0n) is 42.6. The Balaban J connectivity index is 1.46. The van der Waals surface area contributed by atoms with Gasteiger partial charge in [0.2, 0.25) is 0 Å². The van der Waals surface area contributed by atoms with E-state index in [1.165, 1.54) is 0 Å². The van der Waals surface area contributed by atoms with E-state index in [2.05, 4.69) is 108 Å². The van der Waals surface area contributed by atoms with Crippen LogP contribution in [0.15, 0.2) is 152 Å². The molecule has 0 unspecified atom stereocenters. The topological polar surface area (TPSA) is 50.9 Å². The minimum atomic E-state index is -0.599. The van der Waals surface area contributed by atoms with Crippen LogP contribution in [0.3, 0.4) is 0 Å². The lowest BCUT2D eigenvalue weighted by Gasteiger charge is -2.24. The standard InChI is InChI=1S/C54H53N3O/c1-52(2,3)40-26-27-47(44(34-40)36-20-14-11-15-21-36)57-48-25-17-22-42(49(48)56-51(57)43-23-16-24-45(50(43)58)54(7,8)9)38-30-39(32-41(31-38)53(4,5)6)46-33-37(28-29-55-46)35-18-12-10-13-19-35/h10-34,58H,1-9H3/i10D,12D,13D,18D,19D,28D,29D,33D. The molecule has 0 saturated carbocycles. The van der Waals surface area contributed by atoms with Crippen LogP contribution in [-0.2, 0) is 16.2 Å². The van der Waals surface area contributed by atoms with E-state index in [1.54, 1.807) is 0 Å². The predicted octanol–water partition coefficient (Wildman–Crippen LogP) is 14.4. The van der Waals surface area contributed by atoms with Crippen LogP contribution in [0.4, 0.5) is 0 Å². The van der Waals surface area contributed by atoms with Crippen molar-refractivity contribution in [2.24, 2.45) is 0 Å². The minimum absolute atomic E-state index is 0.0268. The van der Waals surface area contributed by atoms with Gasteiger partial charge in [-0.15, -0.1) is 0 Å². The molecule has 0 bridgehead atoms. The Morgan fingerprint density at radius 2 is 1.24 bits per heavy atom. The molecule has 2 aromatic heterocycles. The van der Waals surface area contributed by atoms with Crippen LogP contribution >= 0.6 is 0 Å². The summed E-state index contributed by atoms with van der Waals surface area (Å²) < 4.78 is 71.5. The first-order valence-electron chi connectivity index (χ1n) is 23.7. The molecule has 0 amide bonds. The van der Waals surface area contributed by atoms with Gasteiger partial charge in [-0.2, -0.15) is 0 Å². The number of aromatic nitrogens is 3. The molecule has 6 aromatic carbocycles. The number of pyridine rings is 1. The maximum Gasteiger partial charge on any atom is 0.149 e. The summed E-state index contributed by atoms with van der Waals surface area (Å²) in [5.41, 5.74) is 8.09. The van der Waals surface area contributed by atoms with Crippen molar-refractivity contribution in [3.8, 4) is 67.5 Å². The largest absolute Gasteiger partial charge is 0.507 e. The quantitative estimate of drug-likeness (QED) is 0.183. The highest BCUT2D eigenvalue weighted by molar-refractivity contribution is 5.98. The molecule has 8 rings (SSSR count). The molecule has 290 valence electrons. The van der Waals surface area contributed by atoms with Gasteiger partial charge in [0.15, 0.2) is 0 Å². The van der Waals surface area contributed by atoms with Crippen LogP contribution in [-0.4, -0.2) is 19.6 Å². The van der Waals surface area contributed by atoms with Crippen molar-refractivity contribution >= 4 is 11.0 Å². The number of benzene rings is 6. The maximum absolute atomic E-state index is 12.2. The fourth-order valence-corrected chi connectivity index (χ4v) is 7.44. The highest BCUT2D eigenvalue weighted by atomic mass is 16.3. The highest BCUT2D eigenvalue weighted by Crippen LogP contribution is 2.44. The van der Waals surface area contributed by atoms with Crippen LogP contribution in [0.2, 0.25) is 0 Å². The molecule has 0 fully saturated rings. The second-order valence-corrected chi connectivity index (χ2v) is 18.0. The smallest absolute Gasteiger partial charge is 0.149 e. The van der Waals surface area contributed by atoms with Gasteiger partial charge in [0.25, 0.3) is 0 Å². The molecule has 1 N–H and O–H groups in total. The van der Waals surface area contributed by atoms with Gasteiger partial charge in [-0.3, -0.25) is 9.55 Å². The number of nitrogens with zero attached hydrogens (tertiary/aromatic N) is 3. The number of phenolic OH excluding ortho intramolecular Hbond substituents is 1. The summed E-state index contributed by atoms with van der Waals surface area (Å²) in [6.45, 7) is 19.0. The average Bonchev–Trinajstić information content (AvgIpc) is 3.65. The highest BCUT2D eigenvalue weighted by Gasteiger charge is 2.27. The van der Waals surface area contributed by atoms with Gasteiger partial charge in [0.05, 0.1) is 38.9 Å². The summed E-state index contributed by atoms with van der Waals surface area (Å²) >= 11 is 0. The van der Waals surface area contributed by atoms with E-state index in [4.69, 9.17) is 14.6 Å². The Bertz CT molecular complexity index is 3220. The van der Waals surface area contributed by atoms with E-state index in [-0.39, 0.29) is 39.4 Å². The Hall–Kier alpha value is -6.26. The predicted molar refractivity (Wildman–Crippen MR) is 244 cm³/mol. The first-order valence-corrected chi connectivity index (χ1v) is 19.7. The van der Waals surface area contributed by atoms with Gasteiger partial charge < -0.3 is 5.11 Å². The monoisotopic (exact) mass is 767 g/mol. The van der Waals surface area contributed by atoms with E-state index in [1.807, 2.05) is 66.7 Å². The van der Waals surface area contributed by atoms with Crippen LogP contribution in [0.1, 0.15) is 90.0 Å². The number of hydrogen-bond donors (Lipinski definition) is 1. The lowest BCUT2D eigenvalue weighted by Crippen LogP contribution is -2.12. The number of fused-ring (bicyclic) bond motifs is 1. The third-order valence-corrected chi connectivity index (χ3v) is 10.7. The maximum atomic E-state index is 12.2. The first kappa shape index (κ1) is 29.9. The summed E-state index contributed by atoms with van der Waals surface area (Å²) in [6.07, 6.45) is -0.500. The molecule has 2 heterocycles. The van der Waals surface area contributed by atoms with Crippen LogP contribution in [0.5, 0.6) is 5.75 Å². The van der Waals surface area contributed by atoms with E-state index >= 15 is 0 Å². The van der Waals surface area contributed by atoms with E-state index in [9.17, 15) is 6.48 Å². The van der Waals surface area contributed by atoms with Crippen molar-refractivity contribution in [1.82, 2.24) is 14.5 Å². The molecule has 0 aliphatic carbocycles. The number of hydrogen-bond acceptors (Lipinski definition) is 3. The molecule has 0 atom stereocenters. The SMILES string of the molecule is [2H]c1nc(-c2cc(-c3cccc4c3nc(-c3cccc(C(C)(C)C)c3O)n4-c3ccc(C(C)(C)C)cc3-c3ccccc3)cc(C(C)(C)C)c2)c([2H])c(-c2c([2H])c([2H])c([2H])c([2H])c2[2H])c1[2H]. The number of para-hydroxylation sites is 2. The van der Waals surface area contributed by atoms with Gasteiger partial charge in [-0.25, -0.2) is 4.98 Å². The molecule has 0 aliphatic rings. The Labute approximate surface area is 355 Å². The van der Waals surface area contributed by atoms with Gasteiger partial charge in [0.1, 0.15) is 11.6 Å². The fraction of sp³-hybridized carbons (Fsp3) is 0.222. The van der Waals surface area contributed by atoms with Crippen molar-refractivity contribution in [3.63, 3.8) is 0 Å². The van der Waals surface area contributed by atoms with Crippen LogP contribution in [0, 0.1) is 0 Å². The molecule has 0 spiro atoms. The number of rotatable bonds is 6. The third-order valence-electron chi connectivity index (χ3n) is 10.7. The molecular formula is C54H53N3O. The minimum Gasteiger partial charge on any atom is -0.507 e. The van der Waals surface area contributed by atoms with Gasteiger partial charge >= 0.3 is 0 Å². The summed E-state index contributed by atoms with van der Waals surface area (Å²) in [5, 5.41) is 12.2. The number of imidazole rings is 1. The first-order chi connectivity index (χ1) is 30.9. The summed E-state index contributed by atoms with van der Waals surface area (Å²) in [7, 11) is 0. The number of phenols is 1. The molecular weight excluding hydrogens is 707 g/mol. The lowest BCUT2D eigenvalue weighted by atomic mass is 9.83. The third kappa shape index (κ3) is 7.36. The molecule has 4 heteroatoms. The van der Waals surface area contributed by atoms with Gasteiger partial charge in [0, 0.05) is 22.9 Å². The van der Waals surface area contributed by atoms with Crippen LogP contribution in [0.25, 0.3) is 72.7 Å². The second-order valence-electron chi connectivity index (χ2n) is 18.0. The van der Waals surface area contributed by atoms with Gasteiger partial charge in [-0.1, -0.05) is 159 Å². The molecule has 58 heavy (non-hydrogen) atoms. The Morgan fingerprint density at radius 3 is 1.95 bits per heavy atom. The van der Waals surface area contributed by atoms with Crippen molar-refractivity contribution in [3.05, 3.63) is 168 Å². The van der Waals surface area contributed by atoms with Crippen molar-refractivity contribution in [2.45, 2.75) is 78.6 Å². The zero-order valence-corrected chi connectivity index (χ0v) is 34.6. The van der Waals surface area contributed by atoms with E-state index in [0.717, 1.165) is 50.1 Å². The van der Waals surface area contributed by atoms with Crippen molar-refractivity contribution in [1.29, 1.82) is 0 Å². The molecule has 0 saturated heterocycles. The van der Waals surface area contributed by atoms with Crippen molar-refractivity contribution < 1.29 is 16.1 Å². The average molecular weight is 768 g/mol. The van der Waals surface area contributed by atoms with E-state index < -0.39 is 47.8 Å². The summed E-state index contributed by atoms with van der Waals surface area (Å²) in [6, 6.07) is 30.6. The van der Waals surface area contributed by atoms with Crippen LogP contribution < -0.4 is 0 Å². The second kappa shape index (κ2) is 14.6. The number of aromatic hydroxyl groups is 1. The Kier molecular flexibility index (Phi) is 7.53. The van der Waals surface area contributed by atoms with Crippen molar-refractivity contribution in [2.75, 3.05) is 0 Å². The molecule has 0 aliphatic heterocycles. The zero-order chi connectivity index (χ0) is 47.9. The Morgan fingerprint density at radius 1 is 0.552 bits per heavy atom. The summed E-state index contributed by atoms with van der Waals surface area (Å²) in [5.74, 6) is 0.679. The summed E-state index contributed by atoms with van der Waals surface area (Å²) in [4.78, 5) is 9.92. The van der Waals surface area contributed by atoms with Gasteiger partial charge in [-0.05, 0) is 104 Å². The lowest BCUT2D eigenvalue weighted by molar-refractivity contribution is 0.448. The van der Waals surface area contributed by atoms with E-state index in [0.29, 0.717) is 22.5 Å². The molecule has 0 radical (unpaired) electrons. The normalized spacial score (nSPS) is 14.2. The molecule has 8 aromatic rings. The molecule has 4 nitrogen and oxygen atoms in total.